The normalized spacial score (nSPS) is 16.8. The van der Waals surface area contributed by atoms with Gasteiger partial charge in [-0.1, -0.05) is 19.3 Å². The summed E-state index contributed by atoms with van der Waals surface area (Å²) >= 11 is 0. The van der Waals surface area contributed by atoms with Crippen molar-refractivity contribution in [2.24, 2.45) is 7.05 Å². The lowest BCUT2D eigenvalue weighted by molar-refractivity contribution is 0.232. The first kappa shape index (κ1) is 12.0. The minimum atomic E-state index is -0.0434. The number of hydrogen-bond donors (Lipinski definition) is 2. The van der Waals surface area contributed by atoms with Crippen LogP contribution in [0.4, 0.5) is 4.79 Å². The molecule has 0 radical (unpaired) electrons. The summed E-state index contributed by atoms with van der Waals surface area (Å²) in [6.07, 6.45) is 8.01. The molecule has 0 aromatic carbocycles. The summed E-state index contributed by atoms with van der Waals surface area (Å²) in [6, 6.07) is 4.33. The van der Waals surface area contributed by atoms with E-state index in [-0.39, 0.29) is 6.03 Å². The van der Waals surface area contributed by atoms with Crippen LogP contribution in [0.2, 0.25) is 0 Å². The van der Waals surface area contributed by atoms with Crippen molar-refractivity contribution in [3.63, 3.8) is 0 Å². The highest BCUT2D eigenvalue weighted by atomic mass is 16.2. The number of rotatable bonds is 3. The zero-order valence-electron chi connectivity index (χ0n) is 10.4. The molecule has 0 bridgehead atoms. The van der Waals surface area contributed by atoms with Gasteiger partial charge in [0.1, 0.15) is 0 Å². The number of nitrogens with one attached hydrogen (secondary N) is 2. The number of hydrogen-bond acceptors (Lipinski definition) is 1. The molecule has 2 amide bonds. The van der Waals surface area contributed by atoms with E-state index in [0.717, 1.165) is 18.5 Å². The SMILES string of the molecule is Cn1cccc1CNC(=O)NC1CCCCC1. The van der Waals surface area contributed by atoms with Crippen molar-refractivity contribution in [3.8, 4) is 0 Å². The fourth-order valence-electron chi connectivity index (χ4n) is 2.33. The average Bonchev–Trinajstić information content (AvgIpc) is 2.74. The molecule has 1 aliphatic carbocycles. The first-order chi connectivity index (χ1) is 8.25. The minimum Gasteiger partial charge on any atom is -0.353 e. The largest absolute Gasteiger partial charge is 0.353 e. The number of urea groups is 1. The van der Waals surface area contributed by atoms with E-state index in [2.05, 4.69) is 10.6 Å². The summed E-state index contributed by atoms with van der Waals surface area (Å²) in [5, 5.41) is 5.94. The van der Waals surface area contributed by atoms with Crippen molar-refractivity contribution < 1.29 is 4.79 Å². The van der Waals surface area contributed by atoms with Gasteiger partial charge in [-0.15, -0.1) is 0 Å². The third kappa shape index (κ3) is 3.51. The molecule has 1 aliphatic rings. The van der Waals surface area contributed by atoms with Crippen LogP contribution in [0.3, 0.4) is 0 Å². The Labute approximate surface area is 102 Å². The van der Waals surface area contributed by atoms with Crippen LogP contribution in [0.15, 0.2) is 18.3 Å². The molecule has 0 spiro atoms. The van der Waals surface area contributed by atoms with E-state index < -0.39 is 0 Å². The predicted octanol–water partition coefficient (Wildman–Crippen LogP) is 2.16. The molecule has 2 rings (SSSR count). The van der Waals surface area contributed by atoms with Gasteiger partial charge in [-0.2, -0.15) is 0 Å². The van der Waals surface area contributed by atoms with Gasteiger partial charge in [0.05, 0.1) is 6.54 Å². The van der Waals surface area contributed by atoms with E-state index >= 15 is 0 Å². The van der Waals surface area contributed by atoms with Gasteiger partial charge in [-0.05, 0) is 25.0 Å². The molecule has 1 fully saturated rings. The second-order valence-electron chi connectivity index (χ2n) is 4.77. The third-order valence-corrected chi connectivity index (χ3v) is 3.42. The molecule has 0 unspecified atom stereocenters. The minimum absolute atomic E-state index is 0.0434. The van der Waals surface area contributed by atoms with E-state index in [1.54, 1.807) is 0 Å². The van der Waals surface area contributed by atoms with E-state index in [1.807, 2.05) is 29.9 Å². The second-order valence-corrected chi connectivity index (χ2v) is 4.77. The predicted molar refractivity (Wildman–Crippen MR) is 67.7 cm³/mol. The third-order valence-electron chi connectivity index (χ3n) is 3.42. The number of nitrogens with zero attached hydrogens (tertiary/aromatic N) is 1. The van der Waals surface area contributed by atoms with E-state index in [0.29, 0.717) is 12.6 Å². The number of aromatic nitrogens is 1. The maximum absolute atomic E-state index is 11.7. The summed E-state index contributed by atoms with van der Waals surface area (Å²) in [4.78, 5) is 11.7. The number of carbonyl (C=O) groups excluding carboxylic acids is 1. The van der Waals surface area contributed by atoms with Crippen LogP contribution in [-0.4, -0.2) is 16.6 Å². The molecule has 1 saturated carbocycles. The molecule has 1 aromatic heterocycles. The Hall–Kier alpha value is -1.45. The van der Waals surface area contributed by atoms with Crippen molar-refractivity contribution in [2.45, 2.75) is 44.7 Å². The van der Waals surface area contributed by atoms with Crippen LogP contribution in [0.5, 0.6) is 0 Å². The van der Waals surface area contributed by atoms with E-state index in [1.165, 1.54) is 19.3 Å². The van der Waals surface area contributed by atoms with Gasteiger partial charge in [0.25, 0.3) is 0 Å². The van der Waals surface area contributed by atoms with Crippen molar-refractivity contribution in [1.29, 1.82) is 0 Å². The van der Waals surface area contributed by atoms with Gasteiger partial charge in [-0.3, -0.25) is 0 Å². The molecular formula is C13H21N3O. The van der Waals surface area contributed by atoms with E-state index in [4.69, 9.17) is 0 Å². The molecule has 94 valence electrons. The maximum Gasteiger partial charge on any atom is 0.315 e. The van der Waals surface area contributed by atoms with Crippen LogP contribution in [0.25, 0.3) is 0 Å². The van der Waals surface area contributed by atoms with Gasteiger partial charge in [-0.25, -0.2) is 4.79 Å². The molecule has 2 N–H and O–H groups in total. The topological polar surface area (TPSA) is 46.1 Å². The Morgan fingerprint density at radius 3 is 2.82 bits per heavy atom. The lowest BCUT2D eigenvalue weighted by atomic mass is 9.96. The Balaban J connectivity index is 1.72. The first-order valence-corrected chi connectivity index (χ1v) is 6.40. The van der Waals surface area contributed by atoms with Crippen molar-refractivity contribution >= 4 is 6.03 Å². The van der Waals surface area contributed by atoms with Crippen LogP contribution in [0.1, 0.15) is 37.8 Å². The summed E-state index contributed by atoms with van der Waals surface area (Å²) in [5.74, 6) is 0. The summed E-state index contributed by atoms with van der Waals surface area (Å²) in [7, 11) is 1.98. The standard InChI is InChI=1S/C13H21N3O/c1-16-9-5-8-12(16)10-14-13(17)15-11-6-3-2-4-7-11/h5,8-9,11H,2-4,6-7,10H2,1H3,(H2,14,15,17). The lowest BCUT2D eigenvalue weighted by Gasteiger charge is -2.22. The van der Waals surface area contributed by atoms with Crippen molar-refractivity contribution in [1.82, 2.24) is 15.2 Å². The molecule has 0 saturated heterocycles. The van der Waals surface area contributed by atoms with Gasteiger partial charge in [0.2, 0.25) is 0 Å². The average molecular weight is 235 g/mol. The highest BCUT2D eigenvalue weighted by Crippen LogP contribution is 2.17. The summed E-state index contributed by atoms with van der Waals surface area (Å²) in [5.41, 5.74) is 1.11. The van der Waals surface area contributed by atoms with E-state index in [9.17, 15) is 4.79 Å². The van der Waals surface area contributed by atoms with Gasteiger partial charge in [0, 0.05) is 25.0 Å². The van der Waals surface area contributed by atoms with Crippen molar-refractivity contribution in [3.05, 3.63) is 24.0 Å². The Kier molecular flexibility index (Phi) is 4.07. The highest BCUT2D eigenvalue weighted by Gasteiger charge is 2.15. The smallest absolute Gasteiger partial charge is 0.315 e. The molecule has 4 heteroatoms. The second kappa shape index (κ2) is 5.75. The quantitative estimate of drug-likeness (QED) is 0.828. The van der Waals surface area contributed by atoms with Crippen LogP contribution >= 0.6 is 0 Å². The molecular weight excluding hydrogens is 214 g/mol. The molecule has 1 aromatic rings. The number of aryl methyl sites for hydroxylation is 1. The Morgan fingerprint density at radius 2 is 2.18 bits per heavy atom. The molecule has 4 nitrogen and oxygen atoms in total. The fraction of sp³-hybridized carbons (Fsp3) is 0.615. The summed E-state index contributed by atoms with van der Waals surface area (Å²) < 4.78 is 2.01. The number of amides is 2. The molecule has 1 heterocycles. The maximum atomic E-state index is 11.7. The number of carbonyl (C=O) groups is 1. The molecule has 17 heavy (non-hydrogen) atoms. The zero-order chi connectivity index (χ0) is 12.1. The zero-order valence-corrected chi connectivity index (χ0v) is 10.4. The van der Waals surface area contributed by atoms with Crippen LogP contribution in [0, 0.1) is 0 Å². The van der Waals surface area contributed by atoms with Crippen molar-refractivity contribution in [2.75, 3.05) is 0 Å². The molecule has 0 atom stereocenters. The molecule has 0 aliphatic heterocycles. The highest BCUT2D eigenvalue weighted by molar-refractivity contribution is 5.74. The Morgan fingerprint density at radius 1 is 1.41 bits per heavy atom. The van der Waals surface area contributed by atoms with Crippen LogP contribution < -0.4 is 10.6 Å². The first-order valence-electron chi connectivity index (χ1n) is 6.40. The monoisotopic (exact) mass is 235 g/mol. The summed E-state index contributed by atoms with van der Waals surface area (Å²) in [6.45, 7) is 0.585. The lowest BCUT2D eigenvalue weighted by Crippen LogP contribution is -2.42. The fourth-order valence-corrected chi connectivity index (χ4v) is 2.33. The van der Waals surface area contributed by atoms with Gasteiger partial charge in [0.15, 0.2) is 0 Å². The Bertz CT molecular complexity index is 366. The van der Waals surface area contributed by atoms with Gasteiger partial charge < -0.3 is 15.2 Å². The van der Waals surface area contributed by atoms with Crippen LogP contribution in [-0.2, 0) is 13.6 Å². The van der Waals surface area contributed by atoms with Gasteiger partial charge >= 0.3 is 6.03 Å².